The van der Waals surface area contributed by atoms with Crippen LogP contribution in [-0.4, -0.2) is 18.0 Å². The van der Waals surface area contributed by atoms with Crippen LogP contribution in [0.25, 0.3) is 10.9 Å². The van der Waals surface area contributed by atoms with Crippen LogP contribution < -0.4 is 10.6 Å². The molecule has 0 aliphatic heterocycles. The topological polar surface area (TPSA) is 52.2 Å². The molecule has 3 N–H and O–H groups in total. The molecule has 0 aliphatic rings. The zero-order valence-electron chi connectivity index (χ0n) is 13.6. The van der Waals surface area contributed by atoms with Gasteiger partial charge in [0.15, 0.2) is 5.96 Å². The zero-order chi connectivity index (χ0) is 16.1. The predicted octanol–water partition coefficient (Wildman–Crippen LogP) is 3.34. The summed E-state index contributed by atoms with van der Waals surface area (Å²) in [6.07, 6.45) is 0. The van der Waals surface area contributed by atoms with Gasteiger partial charge >= 0.3 is 0 Å². The third-order valence-corrected chi connectivity index (χ3v) is 3.96. The smallest absolute Gasteiger partial charge is 0.191 e. The molecule has 0 atom stereocenters. The highest BCUT2D eigenvalue weighted by molar-refractivity contribution is 5.81. The van der Waals surface area contributed by atoms with Gasteiger partial charge in [0.25, 0.3) is 0 Å². The Labute approximate surface area is 136 Å². The first-order chi connectivity index (χ1) is 11.3. The molecule has 0 fully saturated rings. The minimum atomic E-state index is 0.710. The number of nitrogens with one attached hydrogen (secondary N) is 3. The molecule has 4 heteroatoms. The van der Waals surface area contributed by atoms with Crippen LogP contribution in [-0.2, 0) is 13.1 Å². The lowest BCUT2D eigenvalue weighted by atomic mass is 10.1. The monoisotopic (exact) mass is 306 g/mol. The summed E-state index contributed by atoms with van der Waals surface area (Å²) >= 11 is 0. The third kappa shape index (κ3) is 3.72. The van der Waals surface area contributed by atoms with E-state index in [1.807, 2.05) is 6.07 Å². The lowest BCUT2D eigenvalue weighted by Crippen LogP contribution is -2.36. The summed E-state index contributed by atoms with van der Waals surface area (Å²) in [5.74, 6) is 0.798. The second-order valence-corrected chi connectivity index (χ2v) is 5.59. The van der Waals surface area contributed by atoms with Gasteiger partial charge in [0, 0.05) is 24.8 Å². The zero-order valence-corrected chi connectivity index (χ0v) is 13.6. The standard InChI is InChI=1S/C19H22N4/c1-14-7-3-4-9-16(14)12-21-19(20-2)22-13-17-11-15-8-5-6-10-18(15)23-17/h3-11,23H,12-13H2,1-2H3,(H2,20,21,22). The van der Waals surface area contributed by atoms with Crippen LogP contribution in [0, 0.1) is 6.92 Å². The number of aryl methyl sites for hydroxylation is 1. The number of hydrogen-bond acceptors (Lipinski definition) is 1. The molecule has 23 heavy (non-hydrogen) atoms. The van der Waals surface area contributed by atoms with Crippen molar-refractivity contribution in [2.45, 2.75) is 20.0 Å². The van der Waals surface area contributed by atoms with Gasteiger partial charge < -0.3 is 15.6 Å². The Bertz CT molecular complexity index is 784. The largest absolute Gasteiger partial charge is 0.357 e. The Hall–Kier alpha value is -2.75. The number of para-hydroxylation sites is 1. The van der Waals surface area contributed by atoms with Crippen LogP contribution in [0.5, 0.6) is 0 Å². The molecule has 3 rings (SSSR count). The maximum Gasteiger partial charge on any atom is 0.191 e. The number of aromatic amines is 1. The Kier molecular flexibility index (Phi) is 4.62. The fourth-order valence-electron chi connectivity index (χ4n) is 2.62. The highest BCUT2D eigenvalue weighted by atomic mass is 15.2. The number of guanidine groups is 1. The first kappa shape index (κ1) is 15.2. The van der Waals surface area contributed by atoms with Gasteiger partial charge in [0.1, 0.15) is 0 Å². The van der Waals surface area contributed by atoms with E-state index in [0.717, 1.165) is 23.7 Å². The summed E-state index contributed by atoms with van der Waals surface area (Å²) in [5, 5.41) is 7.93. The normalized spacial score (nSPS) is 11.7. The van der Waals surface area contributed by atoms with Gasteiger partial charge in [-0.25, -0.2) is 0 Å². The second kappa shape index (κ2) is 7.01. The maximum absolute atomic E-state index is 4.28. The van der Waals surface area contributed by atoms with Crippen LogP contribution in [0.1, 0.15) is 16.8 Å². The van der Waals surface area contributed by atoms with Gasteiger partial charge in [-0.05, 0) is 35.6 Å². The van der Waals surface area contributed by atoms with Crippen molar-refractivity contribution >= 4 is 16.9 Å². The van der Waals surface area contributed by atoms with Crippen molar-refractivity contribution < 1.29 is 0 Å². The molecule has 0 bridgehead atoms. The molecular weight excluding hydrogens is 284 g/mol. The van der Waals surface area contributed by atoms with E-state index in [9.17, 15) is 0 Å². The van der Waals surface area contributed by atoms with Crippen molar-refractivity contribution in [3.8, 4) is 0 Å². The van der Waals surface area contributed by atoms with E-state index < -0.39 is 0 Å². The first-order valence-corrected chi connectivity index (χ1v) is 7.82. The van der Waals surface area contributed by atoms with E-state index in [-0.39, 0.29) is 0 Å². The molecule has 118 valence electrons. The number of aliphatic imine (C=N–C) groups is 1. The van der Waals surface area contributed by atoms with Gasteiger partial charge in [-0.15, -0.1) is 0 Å². The summed E-state index contributed by atoms with van der Waals surface area (Å²) in [6.45, 7) is 3.60. The number of rotatable bonds is 4. The summed E-state index contributed by atoms with van der Waals surface area (Å²) in [5.41, 5.74) is 4.87. The van der Waals surface area contributed by atoms with Crippen molar-refractivity contribution in [1.29, 1.82) is 0 Å². The molecule has 0 amide bonds. The van der Waals surface area contributed by atoms with Gasteiger partial charge in [-0.2, -0.15) is 0 Å². The van der Waals surface area contributed by atoms with Crippen molar-refractivity contribution in [2.24, 2.45) is 4.99 Å². The number of aromatic nitrogens is 1. The Morgan fingerprint density at radius 3 is 2.52 bits per heavy atom. The molecule has 0 saturated carbocycles. The van der Waals surface area contributed by atoms with Gasteiger partial charge in [0.2, 0.25) is 0 Å². The molecule has 0 radical (unpaired) electrons. The number of hydrogen-bond donors (Lipinski definition) is 3. The fourth-order valence-corrected chi connectivity index (χ4v) is 2.62. The Morgan fingerprint density at radius 1 is 1.00 bits per heavy atom. The molecule has 1 heterocycles. The molecule has 0 spiro atoms. The van der Waals surface area contributed by atoms with Gasteiger partial charge in [-0.1, -0.05) is 42.5 Å². The Morgan fingerprint density at radius 2 is 1.74 bits per heavy atom. The highest BCUT2D eigenvalue weighted by Crippen LogP contribution is 2.14. The molecule has 0 saturated heterocycles. The third-order valence-electron chi connectivity index (χ3n) is 3.96. The minimum absolute atomic E-state index is 0.710. The van der Waals surface area contributed by atoms with Crippen molar-refractivity contribution in [3.63, 3.8) is 0 Å². The SMILES string of the molecule is CN=C(NCc1cc2ccccc2[nH]1)NCc1ccccc1C. The van der Waals surface area contributed by atoms with Gasteiger partial charge in [-0.3, -0.25) is 4.99 Å². The van der Waals surface area contributed by atoms with Gasteiger partial charge in [0.05, 0.1) is 6.54 Å². The van der Waals surface area contributed by atoms with E-state index in [2.05, 4.69) is 76.1 Å². The second-order valence-electron chi connectivity index (χ2n) is 5.59. The summed E-state index contributed by atoms with van der Waals surface area (Å²) in [6, 6.07) is 18.8. The van der Waals surface area contributed by atoms with Crippen LogP contribution in [0.15, 0.2) is 59.6 Å². The van der Waals surface area contributed by atoms with E-state index >= 15 is 0 Å². The summed E-state index contributed by atoms with van der Waals surface area (Å²) in [4.78, 5) is 7.69. The van der Waals surface area contributed by atoms with E-state index in [1.54, 1.807) is 7.05 Å². The lowest BCUT2D eigenvalue weighted by Gasteiger charge is -2.12. The van der Waals surface area contributed by atoms with Crippen molar-refractivity contribution in [1.82, 2.24) is 15.6 Å². The van der Waals surface area contributed by atoms with E-state index in [1.165, 1.54) is 16.5 Å². The maximum atomic E-state index is 4.28. The quantitative estimate of drug-likeness (QED) is 0.511. The molecule has 3 aromatic rings. The van der Waals surface area contributed by atoms with Crippen LogP contribution in [0.4, 0.5) is 0 Å². The molecule has 2 aromatic carbocycles. The van der Waals surface area contributed by atoms with Crippen molar-refractivity contribution in [3.05, 3.63) is 71.4 Å². The van der Waals surface area contributed by atoms with Crippen molar-refractivity contribution in [2.75, 3.05) is 7.05 Å². The molecular formula is C19H22N4. The predicted molar refractivity (Wildman–Crippen MR) is 96.5 cm³/mol. The minimum Gasteiger partial charge on any atom is -0.357 e. The number of fused-ring (bicyclic) bond motifs is 1. The summed E-state index contributed by atoms with van der Waals surface area (Å²) < 4.78 is 0. The lowest BCUT2D eigenvalue weighted by molar-refractivity contribution is 0.797. The summed E-state index contributed by atoms with van der Waals surface area (Å²) in [7, 11) is 1.79. The molecule has 1 aromatic heterocycles. The Balaban J connectivity index is 1.58. The number of benzene rings is 2. The highest BCUT2D eigenvalue weighted by Gasteiger charge is 2.03. The van der Waals surface area contributed by atoms with Crippen LogP contribution in [0.2, 0.25) is 0 Å². The molecule has 4 nitrogen and oxygen atoms in total. The van der Waals surface area contributed by atoms with Crippen LogP contribution in [0.3, 0.4) is 0 Å². The number of H-pyrrole nitrogens is 1. The van der Waals surface area contributed by atoms with E-state index in [0.29, 0.717) is 6.54 Å². The first-order valence-electron chi connectivity index (χ1n) is 7.82. The average molecular weight is 306 g/mol. The fraction of sp³-hybridized carbons (Fsp3) is 0.211. The molecule has 0 aliphatic carbocycles. The van der Waals surface area contributed by atoms with E-state index in [4.69, 9.17) is 0 Å². The average Bonchev–Trinajstić information content (AvgIpc) is 2.99. The van der Waals surface area contributed by atoms with Crippen LogP contribution >= 0.6 is 0 Å². The molecule has 0 unspecified atom stereocenters. The number of nitrogens with zero attached hydrogens (tertiary/aromatic N) is 1.